The zero-order valence-electron chi connectivity index (χ0n) is 16.3. The molecule has 0 aliphatic heterocycles. The summed E-state index contributed by atoms with van der Waals surface area (Å²) in [7, 11) is 0. The highest BCUT2D eigenvalue weighted by molar-refractivity contribution is 7.99. The van der Waals surface area contributed by atoms with Crippen molar-refractivity contribution in [3.8, 4) is 11.4 Å². The fourth-order valence-corrected chi connectivity index (χ4v) is 3.41. The number of imide groups is 1. The van der Waals surface area contributed by atoms with Gasteiger partial charge in [0.25, 0.3) is 0 Å². The van der Waals surface area contributed by atoms with Gasteiger partial charge >= 0.3 is 6.03 Å². The van der Waals surface area contributed by atoms with E-state index in [1.165, 1.54) is 11.8 Å². The standard InChI is InChI=1S/C20H23N5O3S/c1-3-9-21-19(27)22-17(26)13-29-20-24-23-18(15-7-4-6-14(2)11-15)25(20)12-16-8-5-10-28-16/h4-8,10-11H,3,9,12-13H2,1-2H3,(H2,21,22,26,27). The van der Waals surface area contributed by atoms with E-state index in [4.69, 9.17) is 4.42 Å². The number of benzene rings is 1. The third-order valence-electron chi connectivity index (χ3n) is 4.01. The normalized spacial score (nSPS) is 10.7. The van der Waals surface area contributed by atoms with Crippen LogP contribution >= 0.6 is 11.8 Å². The van der Waals surface area contributed by atoms with Gasteiger partial charge in [0, 0.05) is 12.1 Å². The highest BCUT2D eigenvalue weighted by Gasteiger charge is 2.17. The molecule has 2 aromatic heterocycles. The van der Waals surface area contributed by atoms with E-state index in [2.05, 4.69) is 20.8 Å². The lowest BCUT2D eigenvalue weighted by atomic mass is 10.1. The van der Waals surface area contributed by atoms with Crippen LogP contribution in [-0.2, 0) is 11.3 Å². The number of rotatable bonds is 8. The van der Waals surface area contributed by atoms with E-state index in [-0.39, 0.29) is 5.75 Å². The van der Waals surface area contributed by atoms with E-state index in [9.17, 15) is 9.59 Å². The van der Waals surface area contributed by atoms with Crippen LogP contribution < -0.4 is 10.6 Å². The Hall–Kier alpha value is -3.07. The summed E-state index contributed by atoms with van der Waals surface area (Å²) in [6.45, 7) is 4.91. The predicted octanol–water partition coefficient (Wildman–Crippen LogP) is 3.22. The molecule has 0 bridgehead atoms. The molecule has 152 valence electrons. The lowest BCUT2D eigenvalue weighted by molar-refractivity contribution is -0.117. The molecule has 9 heteroatoms. The molecular formula is C20H23N5O3S. The molecule has 0 spiro atoms. The van der Waals surface area contributed by atoms with Crippen LogP contribution in [0.5, 0.6) is 0 Å². The molecule has 2 heterocycles. The number of thioether (sulfide) groups is 1. The number of carbonyl (C=O) groups excluding carboxylic acids is 2. The van der Waals surface area contributed by atoms with Crippen LogP contribution in [0.3, 0.4) is 0 Å². The highest BCUT2D eigenvalue weighted by Crippen LogP contribution is 2.25. The Balaban J connectivity index is 1.76. The lowest BCUT2D eigenvalue weighted by Gasteiger charge is -2.09. The molecule has 8 nitrogen and oxygen atoms in total. The van der Waals surface area contributed by atoms with Gasteiger partial charge in [-0.3, -0.25) is 14.7 Å². The van der Waals surface area contributed by atoms with Crippen molar-refractivity contribution < 1.29 is 14.0 Å². The molecule has 2 N–H and O–H groups in total. The first-order valence-electron chi connectivity index (χ1n) is 9.30. The molecule has 0 aliphatic carbocycles. The molecule has 1 aromatic carbocycles. The fourth-order valence-electron chi connectivity index (χ4n) is 2.67. The molecular weight excluding hydrogens is 390 g/mol. The Morgan fingerprint density at radius 2 is 2.07 bits per heavy atom. The van der Waals surface area contributed by atoms with Crippen LogP contribution in [0.1, 0.15) is 24.7 Å². The lowest BCUT2D eigenvalue weighted by Crippen LogP contribution is -2.40. The monoisotopic (exact) mass is 413 g/mol. The van der Waals surface area contributed by atoms with E-state index in [1.54, 1.807) is 6.26 Å². The molecule has 0 saturated carbocycles. The molecule has 29 heavy (non-hydrogen) atoms. The van der Waals surface area contributed by atoms with Crippen LogP contribution in [0.25, 0.3) is 11.4 Å². The Labute approximate surface area is 173 Å². The van der Waals surface area contributed by atoms with E-state index < -0.39 is 11.9 Å². The van der Waals surface area contributed by atoms with Crippen molar-refractivity contribution in [3.63, 3.8) is 0 Å². The highest BCUT2D eigenvalue weighted by atomic mass is 32.2. The fraction of sp³-hybridized carbons (Fsp3) is 0.300. The van der Waals surface area contributed by atoms with E-state index in [0.717, 1.165) is 23.3 Å². The number of carbonyl (C=O) groups is 2. The topological polar surface area (TPSA) is 102 Å². The van der Waals surface area contributed by atoms with Crippen LogP contribution in [0, 0.1) is 6.92 Å². The summed E-state index contributed by atoms with van der Waals surface area (Å²) in [5.41, 5.74) is 2.04. The number of furan rings is 1. The number of hydrogen-bond acceptors (Lipinski definition) is 6. The van der Waals surface area contributed by atoms with Gasteiger partial charge in [0.1, 0.15) is 5.76 Å². The summed E-state index contributed by atoms with van der Waals surface area (Å²) >= 11 is 1.22. The van der Waals surface area contributed by atoms with Crippen LogP contribution in [0.15, 0.2) is 52.2 Å². The van der Waals surface area contributed by atoms with Crippen molar-refractivity contribution in [3.05, 3.63) is 54.0 Å². The zero-order chi connectivity index (χ0) is 20.6. The second kappa shape index (κ2) is 9.92. The summed E-state index contributed by atoms with van der Waals surface area (Å²) in [5.74, 6) is 1.09. The van der Waals surface area contributed by atoms with Crippen molar-refractivity contribution in [1.82, 2.24) is 25.4 Å². The van der Waals surface area contributed by atoms with Gasteiger partial charge in [0.05, 0.1) is 18.6 Å². The van der Waals surface area contributed by atoms with Gasteiger partial charge in [-0.15, -0.1) is 10.2 Å². The maximum atomic E-state index is 12.1. The van der Waals surface area contributed by atoms with E-state index in [1.807, 2.05) is 54.8 Å². The minimum atomic E-state index is -0.491. The average molecular weight is 414 g/mol. The second-order valence-corrected chi connectivity index (χ2v) is 7.38. The quantitative estimate of drug-likeness (QED) is 0.550. The zero-order valence-corrected chi connectivity index (χ0v) is 17.2. The van der Waals surface area contributed by atoms with Crippen molar-refractivity contribution in [2.24, 2.45) is 0 Å². The Morgan fingerprint density at radius 1 is 1.21 bits per heavy atom. The van der Waals surface area contributed by atoms with Gasteiger partial charge in [0.2, 0.25) is 5.91 Å². The molecule has 0 atom stereocenters. The molecule has 3 rings (SSSR count). The van der Waals surface area contributed by atoms with E-state index >= 15 is 0 Å². The number of nitrogens with zero attached hydrogens (tertiary/aromatic N) is 3. The third-order valence-corrected chi connectivity index (χ3v) is 4.97. The number of aromatic nitrogens is 3. The Bertz CT molecular complexity index is 968. The number of urea groups is 1. The van der Waals surface area contributed by atoms with Crippen molar-refractivity contribution in [2.75, 3.05) is 12.3 Å². The first-order chi connectivity index (χ1) is 14.1. The predicted molar refractivity (Wildman–Crippen MR) is 111 cm³/mol. The second-order valence-electron chi connectivity index (χ2n) is 6.43. The summed E-state index contributed by atoms with van der Waals surface area (Å²) in [6.07, 6.45) is 2.41. The molecule has 0 radical (unpaired) electrons. The van der Waals surface area contributed by atoms with Gasteiger partial charge in [-0.05, 0) is 31.5 Å². The van der Waals surface area contributed by atoms with Crippen molar-refractivity contribution in [1.29, 1.82) is 0 Å². The summed E-state index contributed by atoms with van der Waals surface area (Å²) in [6, 6.07) is 11.2. The molecule has 0 saturated heterocycles. The minimum Gasteiger partial charge on any atom is -0.467 e. The van der Waals surface area contributed by atoms with Crippen LogP contribution in [0.2, 0.25) is 0 Å². The molecule has 3 aromatic rings. The van der Waals surface area contributed by atoms with Gasteiger partial charge < -0.3 is 9.73 Å². The van der Waals surface area contributed by atoms with Crippen molar-refractivity contribution in [2.45, 2.75) is 32.0 Å². The van der Waals surface area contributed by atoms with Crippen molar-refractivity contribution >= 4 is 23.7 Å². The Kier molecular flexibility index (Phi) is 7.07. The summed E-state index contributed by atoms with van der Waals surface area (Å²) in [4.78, 5) is 23.7. The van der Waals surface area contributed by atoms with Gasteiger partial charge in [0.15, 0.2) is 11.0 Å². The average Bonchev–Trinajstić information content (AvgIpc) is 3.35. The van der Waals surface area contributed by atoms with Gasteiger partial charge in [-0.1, -0.05) is 42.4 Å². The molecule has 0 fully saturated rings. The molecule has 0 aliphatic rings. The smallest absolute Gasteiger partial charge is 0.321 e. The number of hydrogen-bond donors (Lipinski definition) is 2. The first kappa shape index (κ1) is 20.7. The SMILES string of the molecule is CCCNC(=O)NC(=O)CSc1nnc(-c2cccc(C)c2)n1Cc1ccco1. The van der Waals surface area contributed by atoms with Crippen LogP contribution in [-0.4, -0.2) is 39.0 Å². The maximum absolute atomic E-state index is 12.1. The minimum absolute atomic E-state index is 0.0453. The number of aryl methyl sites for hydroxylation is 1. The third kappa shape index (κ3) is 5.71. The summed E-state index contributed by atoms with van der Waals surface area (Å²) < 4.78 is 7.38. The summed E-state index contributed by atoms with van der Waals surface area (Å²) in [5, 5.41) is 14.1. The number of nitrogens with one attached hydrogen (secondary N) is 2. The van der Waals surface area contributed by atoms with E-state index in [0.29, 0.717) is 24.1 Å². The van der Waals surface area contributed by atoms with Crippen LogP contribution in [0.4, 0.5) is 4.79 Å². The number of amides is 3. The maximum Gasteiger partial charge on any atom is 0.321 e. The molecule has 3 amide bonds. The largest absolute Gasteiger partial charge is 0.467 e. The molecule has 0 unspecified atom stereocenters. The first-order valence-corrected chi connectivity index (χ1v) is 10.3. The van der Waals surface area contributed by atoms with Gasteiger partial charge in [-0.2, -0.15) is 0 Å². The van der Waals surface area contributed by atoms with Gasteiger partial charge in [-0.25, -0.2) is 4.79 Å². The Morgan fingerprint density at radius 3 is 2.79 bits per heavy atom.